The van der Waals surface area contributed by atoms with Crippen molar-refractivity contribution in [3.05, 3.63) is 70.3 Å². The molecule has 28 heavy (non-hydrogen) atoms. The van der Waals surface area contributed by atoms with Gasteiger partial charge >= 0.3 is 0 Å². The van der Waals surface area contributed by atoms with Crippen LogP contribution in [0.3, 0.4) is 0 Å². The summed E-state index contributed by atoms with van der Waals surface area (Å²) in [5.41, 5.74) is 4.41. The Labute approximate surface area is 187 Å². The van der Waals surface area contributed by atoms with Gasteiger partial charge in [0.25, 0.3) is 0 Å². The van der Waals surface area contributed by atoms with Gasteiger partial charge in [0, 0.05) is 30.7 Å². The number of rotatable bonds is 6. The maximum atomic E-state index is 4.65. The molecule has 5 nitrogen and oxygen atoms in total. The zero-order valence-corrected chi connectivity index (χ0v) is 19.5. The second-order valence-electron chi connectivity index (χ2n) is 6.52. The maximum absolute atomic E-state index is 4.65. The van der Waals surface area contributed by atoms with Crippen LogP contribution in [0.1, 0.15) is 36.0 Å². The van der Waals surface area contributed by atoms with Gasteiger partial charge < -0.3 is 10.6 Å². The third-order valence-corrected chi connectivity index (χ3v) is 5.01. The molecule has 0 unspecified atom stereocenters. The zero-order chi connectivity index (χ0) is 19.1. The number of halogens is 1. The molecule has 0 saturated carbocycles. The molecule has 2 aromatic heterocycles. The van der Waals surface area contributed by atoms with Gasteiger partial charge in [0.1, 0.15) is 5.01 Å². The van der Waals surface area contributed by atoms with E-state index in [1.54, 1.807) is 18.4 Å². The van der Waals surface area contributed by atoms with Crippen molar-refractivity contribution in [1.29, 1.82) is 0 Å². The van der Waals surface area contributed by atoms with E-state index in [0.29, 0.717) is 19.0 Å². The first-order valence-electron chi connectivity index (χ1n) is 9.05. The first-order valence-corrected chi connectivity index (χ1v) is 9.93. The average molecular weight is 507 g/mol. The molecule has 3 rings (SSSR count). The molecule has 0 fully saturated rings. The number of nitrogens with one attached hydrogen (secondary N) is 2. The van der Waals surface area contributed by atoms with Crippen molar-refractivity contribution in [1.82, 2.24) is 20.6 Å². The molecule has 2 N–H and O–H groups in total. The number of thiazole rings is 1. The Morgan fingerprint density at radius 1 is 1.11 bits per heavy atom. The Kier molecular flexibility index (Phi) is 8.85. The number of aromatic nitrogens is 2. The molecule has 0 aliphatic carbocycles. The summed E-state index contributed by atoms with van der Waals surface area (Å²) >= 11 is 1.68. The van der Waals surface area contributed by atoms with E-state index in [2.05, 4.69) is 69.1 Å². The molecular weight excluding hydrogens is 481 g/mol. The third-order valence-electron chi connectivity index (χ3n) is 4.14. The highest BCUT2D eigenvalue weighted by Crippen LogP contribution is 2.18. The summed E-state index contributed by atoms with van der Waals surface area (Å²) < 4.78 is 0. The monoisotopic (exact) mass is 507 g/mol. The van der Waals surface area contributed by atoms with Crippen molar-refractivity contribution in [2.75, 3.05) is 7.05 Å². The SMILES string of the molecule is CN=C(NCc1cccc(-c2ccccn2)c1)NCc1nc(C(C)C)cs1.I. The van der Waals surface area contributed by atoms with Crippen LogP contribution < -0.4 is 10.6 Å². The molecule has 148 valence electrons. The van der Waals surface area contributed by atoms with Crippen LogP contribution in [-0.2, 0) is 13.1 Å². The Morgan fingerprint density at radius 2 is 1.93 bits per heavy atom. The number of hydrogen-bond acceptors (Lipinski definition) is 4. The molecule has 1 aromatic carbocycles. The lowest BCUT2D eigenvalue weighted by atomic mass is 10.1. The van der Waals surface area contributed by atoms with Gasteiger partial charge in [-0.15, -0.1) is 35.3 Å². The van der Waals surface area contributed by atoms with Gasteiger partial charge in [-0.3, -0.25) is 9.98 Å². The minimum atomic E-state index is 0. The predicted octanol–water partition coefficient (Wildman–Crippen LogP) is 4.81. The molecule has 0 aliphatic heterocycles. The van der Waals surface area contributed by atoms with Gasteiger partial charge in [0.05, 0.1) is 17.9 Å². The average Bonchev–Trinajstić information content (AvgIpc) is 3.18. The minimum Gasteiger partial charge on any atom is -0.352 e. The highest BCUT2D eigenvalue weighted by atomic mass is 127. The van der Waals surface area contributed by atoms with Gasteiger partial charge in [-0.05, 0) is 29.7 Å². The van der Waals surface area contributed by atoms with E-state index in [1.807, 2.05) is 24.4 Å². The van der Waals surface area contributed by atoms with Crippen molar-refractivity contribution >= 4 is 41.3 Å². The zero-order valence-electron chi connectivity index (χ0n) is 16.3. The number of aliphatic imine (C=N–C) groups is 1. The lowest BCUT2D eigenvalue weighted by Crippen LogP contribution is -2.36. The van der Waals surface area contributed by atoms with Crippen molar-refractivity contribution in [2.45, 2.75) is 32.9 Å². The summed E-state index contributed by atoms with van der Waals surface area (Å²) in [6.45, 7) is 5.68. The molecule has 0 spiro atoms. The molecule has 0 amide bonds. The fourth-order valence-electron chi connectivity index (χ4n) is 2.61. The maximum Gasteiger partial charge on any atom is 0.191 e. The first-order chi connectivity index (χ1) is 13.2. The van der Waals surface area contributed by atoms with Gasteiger partial charge in [-0.1, -0.05) is 38.1 Å². The Bertz CT molecular complexity index is 893. The van der Waals surface area contributed by atoms with Gasteiger partial charge in [-0.2, -0.15) is 0 Å². The Hall–Kier alpha value is -2.00. The van der Waals surface area contributed by atoms with E-state index in [1.165, 1.54) is 5.56 Å². The second-order valence-corrected chi connectivity index (χ2v) is 7.46. The van der Waals surface area contributed by atoms with Crippen molar-refractivity contribution in [3.8, 4) is 11.3 Å². The number of pyridine rings is 1. The van der Waals surface area contributed by atoms with Crippen LogP contribution in [-0.4, -0.2) is 23.0 Å². The van der Waals surface area contributed by atoms with Crippen LogP contribution in [0.25, 0.3) is 11.3 Å². The van der Waals surface area contributed by atoms with E-state index in [9.17, 15) is 0 Å². The normalized spacial score (nSPS) is 11.2. The molecular formula is C21H26IN5S. The quantitative estimate of drug-likeness (QED) is 0.286. The van der Waals surface area contributed by atoms with Crippen molar-refractivity contribution in [2.24, 2.45) is 4.99 Å². The summed E-state index contributed by atoms with van der Waals surface area (Å²) in [5.74, 6) is 1.22. The van der Waals surface area contributed by atoms with E-state index in [0.717, 1.165) is 27.9 Å². The largest absolute Gasteiger partial charge is 0.352 e. The first kappa shape index (κ1) is 22.3. The van der Waals surface area contributed by atoms with Crippen LogP contribution in [0.5, 0.6) is 0 Å². The summed E-state index contributed by atoms with van der Waals surface area (Å²) in [7, 11) is 1.78. The lowest BCUT2D eigenvalue weighted by molar-refractivity contribution is 0.785. The van der Waals surface area contributed by atoms with Crippen LogP contribution in [0, 0.1) is 0 Å². The number of benzene rings is 1. The molecule has 0 atom stereocenters. The van der Waals surface area contributed by atoms with Gasteiger partial charge in [0.2, 0.25) is 0 Å². The summed E-state index contributed by atoms with van der Waals surface area (Å²) in [5, 5.41) is 9.88. The second kappa shape index (κ2) is 11.1. The van der Waals surface area contributed by atoms with E-state index >= 15 is 0 Å². The Balaban J connectivity index is 0.00000280. The fourth-order valence-corrected chi connectivity index (χ4v) is 3.51. The van der Waals surface area contributed by atoms with Crippen molar-refractivity contribution < 1.29 is 0 Å². The summed E-state index contributed by atoms with van der Waals surface area (Å²) in [6.07, 6.45) is 1.81. The number of nitrogens with zero attached hydrogens (tertiary/aromatic N) is 3. The van der Waals surface area contributed by atoms with Crippen LogP contribution in [0.15, 0.2) is 59.0 Å². The van der Waals surface area contributed by atoms with Crippen molar-refractivity contribution in [3.63, 3.8) is 0 Å². The smallest absolute Gasteiger partial charge is 0.191 e. The van der Waals surface area contributed by atoms with Crippen LogP contribution in [0.4, 0.5) is 0 Å². The predicted molar refractivity (Wildman–Crippen MR) is 128 cm³/mol. The molecule has 0 saturated heterocycles. The van der Waals surface area contributed by atoms with Gasteiger partial charge in [0.15, 0.2) is 5.96 Å². The number of hydrogen-bond donors (Lipinski definition) is 2. The molecule has 2 heterocycles. The van der Waals surface area contributed by atoms with E-state index < -0.39 is 0 Å². The highest BCUT2D eigenvalue weighted by Gasteiger charge is 2.07. The molecule has 7 heteroatoms. The lowest BCUT2D eigenvalue weighted by Gasteiger charge is -2.11. The molecule has 0 radical (unpaired) electrons. The summed E-state index contributed by atoms with van der Waals surface area (Å²) in [6, 6.07) is 14.3. The van der Waals surface area contributed by atoms with E-state index in [4.69, 9.17) is 0 Å². The fraction of sp³-hybridized carbons (Fsp3) is 0.286. The topological polar surface area (TPSA) is 62.2 Å². The Morgan fingerprint density at radius 3 is 2.61 bits per heavy atom. The van der Waals surface area contributed by atoms with E-state index in [-0.39, 0.29) is 24.0 Å². The molecule has 3 aromatic rings. The number of guanidine groups is 1. The van der Waals surface area contributed by atoms with Crippen LogP contribution in [0.2, 0.25) is 0 Å². The summed E-state index contributed by atoms with van der Waals surface area (Å²) in [4.78, 5) is 13.4. The minimum absolute atomic E-state index is 0. The van der Waals surface area contributed by atoms with Gasteiger partial charge in [-0.25, -0.2) is 4.98 Å². The highest BCUT2D eigenvalue weighted by molar-refractivity contribution is 14.0. The standard InChI is InChI=1S/C21H25N5S.HI/c1-15(2)19-14-27-20(26-19)13-25-21(22-3)24-12-16-7-6-8-17(11-16)18-9-4-5-10-23-18;/h4-11,14-15H,12-13H2,1-3H3,(H2,22,24,25);1H. The van der Waals surface area contributed by atoms with Crippen LogP contribution >= 0.6 is 35.3 Å². The third kappa shape index (κ3) is 6.27. The molecule has 0 bridgehead atoms. The molecule has 0 aliphatic rings.